The number of Topliss-reactive ketones (excluding diaryl/α,β-unsaturated/α-hetero) is 1. The van der Waals surface area contributed by atoms with Crippen LogP contribution in [-0.2, 0) is 23.5 Å². The smallest absolute Gasteiger partial charge is 0.410 e. The first-order valence-corrected chi connectivity index (χ1v) is 19.3. The second-order valence-electron chi connectivity index (χ2n) is 17.2. The Kier molecular flexibility index (Phi) is 8.31. The van der Waals surface area contributed by atoms with Gasteiger partial charge in [0.05, 0.1) is 0 Å². The fourth-order valence-corrected chi connectivity index (χ4v) is 17.7. The second-order valence-corrected chi connectivity index (χ2v) is 22.7. The number of hydrogen-bond donors (Lipinski definition) is 0. The average Bonchev–Trinajstić information content (AvgIpc) is 3.04. The van der Waals surface area contributed by atoms with Crippen molar-refractivity contribution in [3.8, 4) is 0 Å². The Bertz CT molecular complexity index is 1110. The molecule has 244 valence electrons. The Hall–Kier alpha value is -1.41. The first-order chi connectivity index (χ1) is 19.9. The van der Waals surface area contributed by atoms with Crippen molar-refractivity contribution in [2.24, 2.45) is 34.0 Å². The highest BCUT2D eigenvalue weighted by atomic mass is 28.4. The summed E-state index contributed by atoms with van der Waals surface area (Å²) in [6.45, 7) is 24.7. The van der Waals surface area contributed by atoms with Crippen molar-refractivity contribution in [2.45, 2.75) is 155 Å². The van der Waals surface area contributed by atoms with Gasteiger partial charge in [-0.15, -0.1) is 0 Å². The van der Waals surface area contributed by atoms with Crippen LogP contribution in [0.3, 0.4) is 0 Å². The summed E-state index contributed by atoms with van der Waals surface area (Å²) in [4.78, 5) is 42.7. The van der Waals surface area contributed by atoms with E-state index >= 15 is 0 Å². The summed E-state index contributed by atoms with van der Waals surface area (Å²) in [6.07, 6.45) is 5.18. The minimum absolute atomic E-state index is 0.0975. The minimum Gasteiger partial charge on any atom is -0.462 e. The molecule has 1 saturated heterocycles. The third-order valence-electron chi connectivity index (χ3n) is 13.1. The quantitative estimate of drug-likeness (QED) is 0.213. The van der Waals surface area contributed by atoms with E-state index in [0.717, 1.165) is 32.1 Å². The molecule has 7 nitrogen and oxygen atoms in total. The van der Waals surface area contributed by atoms with Crippen LogP contribution in [0.4, 0.5) is 4.79 Å². The molecule has 1 aliphatic heterocycles. The van der Waals surface area contributed by atoms with Crippen molar-refractivity contribution in [1.29, 1.82) is 0 Å². The minimum atomic E-state index is -2.27. The van der Waals surface area contributed by atoms with Gasteiger partial charge in [-0.2, -0.15) is 0 Å². The van der Waals surface area contributed by atoms with Gasteiger partial charge in [0.2, 0.25) is 0 Å². The molecule has 1 amide bonds. The van der Waals surface area contributed by atoms with Crippen LogP contribution in [0.2, 0.25) is 16.6 Å². The van der Waals surface area contributed by atoms with Crippen molar-refractivity contribution in [2.75, 3.05) is 13.2 Å². The van der Waals surface area contributed by atoms with Crippen molar-refractivity contribution in [3.05, 3.63) is 0 Å². The highest BCUT2D eigenvalue weighted by molar-refractivity contribution is 6.77. The van der Waals surface area contributed by atoms with Gasteiger partial charge in [0.15, 0.2) is 8.32 Å². The summed E-state index contributed by atoms with van der Waals surface area (Å²) < 4.78 is 19.9. The van der Waals surface area contributed by atoms with Gasteiger partial charge in [-0.1, -0.05) is 54.9 Å². The first-order valence-electron chi connectivity index (χ1n) is 17.2. The molecule has 0 radical (unpaired) electrons. The van der Waals surface area contributed by atoms with Crippen LogP contribution in [0, 0.1) is 34.0 Å². The van der Waals surface area contributed by atoms with E-state index < -0.39 is 19.3 Å². The van der Waals surface area contributed by atoms with Gasteiger partial charge in [-0.3, -0.25) is 9.59 Å². The molecule has 0 aromatic rings. The number of nitrogens with zero attached hydrogens (tertiary/aromatic N) is 1. The topological polar surface area (TPSA) is 82.1 Å². The molecule has 0 aromatic heterocycles. The van der Waals surface area contributed by atoms with E-state index in [1.165, 1.54) is 6.92 Å². The van der Waals surface area contributed by atoms with Crippen LogP contribution in [0.15, 0.2) is 0 Å². The zero-order valence-electron chi connectivity index (χ0n) is 28.9. The Labute approximate surface area is 261 Å². The number of likely N-dealkylation sites (tertiary alicyclic amines) is 1. The molecular formula is C35H59NO6Si. The Morgan fingerprint density at radius 3 is 2.19 bits per heavy atom. The summed E-state index contributed by atoms with van der Waals surface area (Å²) >= 11 is 0. The number of esters is 1. The molecule has 5 fully saturated rings. The van der Waals surface area contributed by atoms with Crippen molar-refractivity contribution in [3.63, 3.8) is 0 Å². The molecule has 4 aliphatic carbocycles. The van der Waals surface area contributed by atoms with Gasteiger partial charge in [-0.25, -0.2) is 4.79 Å². The summed E-state index contributed by atoms with van der Waals surface area (Å²) in [5, 5.41) is 0. The average molecular weight is 618 g/mol. The van der Waals surface area contributed by atoms with Crippen molar-refractivity contribution < 1.29 is 28.3 Å². The summed E-state index contributed by atoms with van der Waals surface area (Å²) in [5.41, 5.74) is -0.137. The molecule has 1 heterocycles. The molecule has 0 N–H and O–H groups in total. The zero-order chi connectivity index (χ0) is 31.9. The van der Waals surface area contributed by atoms with E-state index in [-0.39, 0.29) is 52.7 Å². The van der Waals surface area contributed by atoms with Crippen molar-refractivity contribution in [1.82, 2.24) is 4.90 Å². The SMILES string of the molecule is CC(=O)OC1CC2C3(C)CCCC24C(C(CO[Si](C(C)C)(C(C)C)C(C)C)C12CC(=O)CCC24)N(C(=O)OC(C)(C)C)C3. The maximum Gasteiger partial charge on any atom is 0.410 e. The Morgan fingerprint density at radius 1 is 1.00 bits per heavy atom. The van der Waals surface area contributed by atoms with Crippen molar-refractivity contribution >= 4 is 26.2 Å². The highest BCUT2D eigenvalue weighted by Gasteiger charge is 2.81. The predicted octanol–water partition coefficient (Wildman–Crippen LogP) is 7.91. The maximum absolute atomic E-state index is 14.3. The zero-order valence-corrected chi connectivity index (χ0v) is 29.9. The molecule has 4 saturated carbocycles. The van der Waals surface area contributed by atoms with E-state index in [1.807, 2.05) is 20.8 Å². The normalized spacial score (nSPS) is 38.9. The molecule has 5 aliphatic rings. The lowest BCUT2D eigenvalue weighted by Crippen LogP contribution is -2.69. The van der Waals surface area contributed by atoms with Gasteiger partial charge in [0.25, 0.3) is 0 Å². The molecule has 0 aromatic carbocycles. The number of ketones is 1. The van der Waals surface area contributed by atoms with E-state index in [0.29, 0.717) is 48.5 Å². The number of amides is 1. The van der Waals surface area contributed by atoms with Gasteiger partial charge in [0, 0.05) is 50.3 Å². The third-order valence-corrected chi connectivity index (χ3v) is 19.1. The highest BCUT2D eigenvalue weighted by Crippen LogP contribution is 2.79. The molecule has 5 rings (SSSR count). The molecule has 3 bridgehead atoms. The molecule has 43 heavy (non-hydrogen) atoms. The van der Waals surface area contributed by atoms with Crippen LogP contribution in [-0.4, -0.2) is 62.0 Å². The molecule has 8 heteroatoms. The Balaban J connectivity index is 1.72. The third kappa shape index (κ3) is 4.77. The van der Waals surface area contributed by atoms with E-state index in [4.69, 9.17) is 13.9 Å². The number of piperidine rings is 1. The Morgan fingerprint density at radius 2 is 1.63 bits per heavy atom. The number of rotatable bonds is 7. The maximum atomic E-state index is 14.3. The van der Waals surface area contributed by atoms with Gasteiger partial charge >= 0.3 is 12.1 Å². The van der Waals surface area contributed by atoms with Gasteiger partial charge < -0.3 is 18.8 Å². The summed E-state index contributed by atoms with van der Waals surface area (Å²) in [7, 11) is -2.27. The number of ether oxygens (including phenoxy) is 2. The van der Waals surface area contributed by atoms with Gasteiger partial charge in [-0.05, 0) is 85.7 Å². The molecular weight excluding hydrogens is 558 g/mol. The van der Waals surface area contributed by atoms with E-state index in [9.17, 15) is 14.4 Å². The standard InChI is InChI=1S/C35H59NO6Si/c1-21(2)43(22(3)4,23(5)6)40-19-26-30-34-16-12-15-33(11,20-36(30)31(39)42-32(8,9)10)28(34)17-29(41-24(7)37)35(26)18-25(38)13-14-27(34)35/h21-23,26-30H,12-20H2,1-11H3. The lowest BCUT2D eigenvalue weighted by Gasteiger charge is -2.67. The number of carbonyl (C=O) groups is 3. The lowest BCUT2D eigenvalue weighted by molar-refractivity contribution is -0.215. The van der Waals surface area contributed by atoms with E-state index in [2.05, 4.69) is 53.4 Å². The molecule has 8 atom stereocenters. The van der Waals surface area contributed by atoms with E-state index in [1.54, 1.807) is 0 Å². The fraction of sp³-hybridized carbons (Fsp3) is 0.914. The number of hydrogen-bond acceptors (Lipinski definition) is 6. The molecule has 1 spiro atoms. The second kappa shape index (κ2) is 10.8. The number of carbonyl (C=O) groups excluding carboxylic acids is 3. The molecule has 8 unspecified atom stereocenters. The van der Waals surface area contributed by atoms with Crippen LogP contribution in [0.5, 0.6) is 0 Å². The fourth-order valence-electron chi connectivity index (χ4n) is 12.3. The van der Waals surface area contributed by atoms with Crippen LogP contribution < -0.4 is 0 Å². The van der Waals surface area contributed by atoms with Crippen LogP contribution in [0.25, 0.3) is 0 Å². The largest absolute Gasteiger partial charge is 0.462 e. The predicted molar refractivity (Wildman–Crippen MR) is 170 cm³/mol. The monoisotopic (exact) mass is 617 g/mol. The van der Waals surface area contributed by atoms with Crippen LogP contribution in [0.1, 0.15) is 121 Å². The summed E-state index contributed by atoms with van der Waals surface area (Å²) in [5.74, 6) is 0.407. The van der Waals surface area contributed by atoms with Gasteiger partial charge in [0.1, 0.15) is 17.5 Å². The summed E-state index contributed by atoms with van der Waals surface area (Å²) in [6, 6.07) is -0.102. The van der Waals surface area contributed by atoms with Crippen LogP contribution >= 0.6 is 0 Å². The first kappa shape index (κ1) is 33.0. The lowest BCUT2D eigenvalue weighted by atomic mass is 9.41.